The minimum absolute atomic E-state index is 0.0313. The molecule has 0 spiro atoms. The first-order valence-corrected chi connectivity index (χ1v) is 11.1. The summed E-state index contributed by atoms with van der Waals surface area (Å²) in [5, 5.41) is 1.62. The van der Waals surface area contributed by atoms with Crippen molar-refractivity contribution in [2.75, 3.05) is 0 Å². The van der Waals surface area contributed by atoms with Crippen LogP contribution in [0.1, 0.15) is 73.9 Å². The summed E-state index contributed by atoms with van der Waals surface area (Å²) < 4.78 is 11.4. The molecule has 1 heterocycles. The highest BCUT2D eigenvalue weighted by molar-refractivity contribution is 7.99. The number of benzene rings is 1. The summed E-state index contributed by atoms with van der Waals surface area (Å²) in [5.41, 5.74) is 1.62. The van der Waals surface area contributed by atoms with Gasteiger partial charge in [-0.3, -0.25) is 4.79 Å². The summed E-state index contributed by atoms with van der Waals surface area (Å²) in [5.74, 6) is 0.553. The summed E-state index contributed by atoms with van der Waals surface area (Å²) in [6.45, 7) is 0. The van der Waals surface area contributed by atoms with Gasteiger partial charge in [-0.2, -0.15) is 11.8 Å². The number of carbonyl (C=O) groups is 2. The molecule has 2 aliphatic carbocycles. The number of thioether (sulfide) groups is 1. The lowest BCUT2D eigenvalue weighted by atomic mass is 9.96. The van der Waals surface area contributed by atoms with Crippen molar-refractivity contribution in [2.24, 2.45) is 0 Å². The van der Waals surface area contributed by atoms with Crippen LogP contribution in [0.25, 0.3) is 11.0 Å². The molecule has 1 aromatic heterocycles. The maximum Gasteiger partial charge on any atom is 0.375 e. The largest absolute Gasteiger partial charge is 0.449 e. The van der Waals surface area contributed by atoms with E-state index in [0.29, 0.717) is 23.7 Å². The van der Waals surface area contributed by atoms with Gasteiger partial charge in [-0.05, 0) is 38.2 Å². The maximum absolute atomic E-state index is 12.8. The summed E-state index contributed by atoms with van der Waals surface area (Å²) in [4.78, 5) is 24.9. The van der Waals surface area contributed by atoms with Crippen molar-refractivity contribution in [3.8, 4) is 0 Å². The van der Waals surface area contributed by atoms with E-state index < -0.39 is 12.1 Å². The quantitative estimate of drug-likeness (QED) is 0.620. The molecule has 1 atom stereocenters. The summed E-state index contributed by atoms with van der Waals surface area (Å²) in [6, 6.07) is 7.75. The molecule has 2 saturated carbocycles. The SMILES string of the molecule is O=C(O[C@H]1CCCCC1=O)c1oc2ccccc2c1CSC1CCCCC1. The smallest absolute Gasteiger partial charge is 0.375 e. The van der Waals surface area contributed by atoms with Gasteiger partial charge in [0.25, 0.3) is 0 Å². The Morgan fingerprint density at radius 3 is 2.67 bits per heavy atom. The van der Waals surface area contributed by atoms with Crippen LogP contribution in [0.15, 0.2) is 28.7 Å². The number of fused-ring (bicyclic) bond motifs is 1. The fraction of sp³-hybridized carbons (Fsp3) is 0.545. The second-order valence-electron chi connectivity index (χ2n) is 7.58. The molecule has 2 fully saturated rings. The molecule has 2 aliphatic rings. The maximum atomic E-state index is 12.8. The molecule has 0 amide bonds. The van der Waals surface area contributed by atoms with E-state index in [4.69, 9.17) is 9.15 Å². The number of Topliss-reactive ketones (excluding diaryl/α,β-unsaturated/α-hetero) is 1. The van der Waals surface area contributed by atoms with E-state index in [1.54, 1.807) is 0 Å². The minimum Gasteiger partial charge on any atom is -0.449 e. The van der Waals surface area contributed by atoms with E-state index in [0.717, 1.165) is 29.5 Å². The molecule has 1 aromatic carbocycles. The molecule has 4 nitrogen and oxygen atoms in total. The number of hydrogen-bond donors (Lipinski definition) is 0. The Morgan fingerprint density at radius 1 is 1.07 bits per heavy atom. The first-order valence-electron chi connectivity index (χ1n) is 10.1. The Morgan fingerprint density at radius 2 is 1.85 bits per heavy atom. The van der Waals surface area contributed by atoms with Crippen LogP contribution in [0.2, 0.25) is 0 Å². The molecule has 0 saturated heterocycles. The highest BCUT2D eigenvalue weighted by atomic mass is 32.2. The molecule has 0 unspecified atom stereocenters. The van der Waals surface area contributed by atoms with E-state index >= 15 is 0 Å². The van der Waals surface area contributed by atoms with Crippen LogP contribution in [0.3, 0.4) is 0 Å². The fourth-order valence-electron chi connectivity index (χ4n) is 4.10. The van der Waals surface area contributed by atoms with Crippen molar-refractivity contribution in [1.29, 1.82) is 0 Å². The van der Waals surface area contributed by atoms with Gasteiger partial charge in [0, 0.05) is 28.4 Å². The monoisotopic (exact) mass is 386 g/mol. The van der Waals surface area contributed by atoms with Crippen molar-refractivity contribution in [1.82, 2.24) is 0 Å². The van der Waals surface area contributed by atoms with Gasteiger partial charge in [0.05, 0.1) is 0 Å². The molecular weight excluding hydrogens is 360 g/mol. The van der Waals surface area contributed by atoms with Crippen LogP contribution in [0, 0.1) is 0 Å². The highest BCUT2D eigenvalue weighted by Crippen LogP contribution is 2.35. The molecule has 0 N–H and O–H groups in total. The third-order valence-electron chi connectivity index (χ3n) is 5.65. The van der Waals surface area contributed by atoms with Crippen molar-refractivity contribution < 1.29 is 18.7 Å². The number of hydrogen-bond acceptors (Lipinski definition) is 5. The van der Waals surface area contributed by atoms with Crippen LogP contribution in [0.4, 0.5) is 0 Å². The predicted molar refractivity (Wildman–Crippen MR) is 107 cm³/mol. The van der Waals surface area contributed by atoms with E-state index in [1.807, 2.05) is 36.0 Å². The van der Waals surface area contributed by atoms with E-state index in [1.165, 1.54) is 32.1 Å². The van der Waals surface area contributed by atoms with Gasteiger partial charge in [-0.1, -0.05) is 37.5 Å². The highest BCUT2D eigenvalue weighted by Gasteiger charge is 2.30. The second-order valence-corrected chi connectivity index (χ2v) is 8.87. The molecule has 2 aromatic rings. The average molecular weight is 387 g/mol. The third-order valence-corrected chi connectivity index (χ3v) is 7.05. The fourth-order valence-corrected chi connectivity index (χ4v) is 5.45. The van der Waals surface area contributed by atoms with Gasteiger partial charge in [0.1, 0.15) is 5.58 Å². The minimum atomic E-state index is -0.613. The number of ether oxygens (including phenoxy) is 1. The van der Waals surface area contributed by atoms with Crippen molar-refractivity contribution in [3.05, 3.63) is 35.6 Å². The normalized spacial score (nSPS) is 21.5. The third kappa shape index (κ3) is 4.23. The van der Waals surface area contributed by atoms with Crippen LogP contribution in [0.5, 0.6) is 0 Å². The van der Waals surface area contributed by atoms with Gasteiger partial charge in [-0.25, -0.2) is 4.79 Å². The molecule has 5 heteroatoms. The van der Waals surface area contributed by atoms with Gasteiger partial charge in [-0.15, -0.1) is 0 Å². The Hall–Kier alpha value is -1.75. The second kappa shape index (κ2) is 8.51. The van der Waals surface area contributed by atoms with E-state index in [9.17, 15) is 9.59 Å². The first-order chi connectivity index (χ1) is 13.2. The Balaban J connectivity index is 1.55. The number of rotatable bonds is 5. The van der Waals surface area contributed by atoms with Crippen molar-refractivity contribution in [2.45, 2.75) is 74.9 Å². The lowest BCUT2D eigenvalue weighted by Gasteiger charge is -2.21. The number of ketones is 1. The van der Waals surface area contributed by atoms with Gasteiger partial charge in [0.2, 0.25) is 5.76 Å². The lowest BCUT2D eigenvalue weighted by Crippen LogP contribution is -2.30. The lowest BCUT2D eigenvalue weighted by molar-refractivity contribution is -0.130. The number of para-hydroxylation sites is 1. The van der Waals surface area contributed by atoms with Crippen LogP contribution >= 0.6 is 11.8 Å². The molecule has 0 aliphatic heterocycles. The zero-order chi connectivity index (χ0) is 18.6. The van der Waals surface area contributed by atoms with E-state index in [2.05, 4.69) is 0 Å². The van der Waals surface area contributed by atoms with Crippen molar-refractivity contribution >= 4 is 34.5 Å². The standard InChI is InChI=1S/C22H26O4S/c23-18-11-5-7-13-20(18)26-22(24)21-17(14-27-15-8-2-1-3-9-15)16-10-4-6-12-19(16)25-21/h4,6,10,12,15,20H,1-3,5,7-9,11,13-14H2/t20-/m0/s1. The van der Waals surface area contributed by atoms with E-state index in [-0.39, 0.29) is 11.5 Å². The molecule has 144 valence electrons. The van der Waals surface area contributed by atoms with Crippen LogP contribution < -0.4 is 0 Å². The summed E-state index contributed by atoms with van der Waals surface area (Å²) in [7, 11) is 0. The van der Waals surface area contributed by atoms with Crippen LogP contribution in [-0.2, 0) is 15.3 Å². The summed E-state index contributed by atoms with van der Waals surface area (Å²) in [6.07, 6.45) is 8.74. The molecule has 0 bridgehead atoms. The predicted octanol–water partition coefficient (Wildman–Crippen LogP) is 5.67. The number of furan rings is 1. The number of carbonyl (C=O) groups excluding carboxylic acids is 2. The molecular formula is C22H26O4S. The average Bonchev–Trinajstić information content (AvgIpc) is 3.08. The Bertz CT molecular complexity index is 819. The molecule has 0 radical (unpaired) electrons. The number of esters is 1. The van der Waals surface area contributed by atoms with Gasteiger partial charge in [0.15, 0.2) is 11.9 Å². The summed E-state index contributed by atoms with van der Waals surface area (Å²) >= 11 is 1.91. The Labute approximate surface area is 164 Å². The first kappa shape index (κ1) is 18.6. The van der Waals surface area contributed by atoms with Crippen molar-refractivity contribution in [3.63, 3.8) is 0 Å². The van der Waals surface area contributed by atoms with Gasteiger partial charge >= 0.3 is 5.97 Å². The zero-order valence-electron chi connectivity index (χ0n) is 15.6. The van der Waals surface area contributed by atoms with Crippen LogP contribution in [-0.4, -0.2) is 23.1 Å². The molecule has 27 heavy (non-hydrogen) atoms. The molecule has 4 rings (SSSR count). The topological polar surface area (TPSA) is 56.5 Å². The zero-order valence-corrected chi connectivity index (χ0v) is 16.4. The Kier molecular flexibility index (Phi) is 5.86. The van der Waals surface area contributed by atoms with Gasteiger partial charge < -0.3 is 9.15 Å².